The summed E-state index contributed by atoms with van der Waals surface area (Å²) >= 11 is 0. The maximum absolute atomic E-state index is 13.7. The molecule has 2 fully saturated rings. The van der Waals surface area contributed by atoms with Gasteiger partial charge in [0.2, 0.25) is 0 Å². The fourth-order valence-corrected chi connectivity index (χ4v) is 5.51. The molecule has 0 radical (unpaired) electrons. The highest BCUT2D eigenvalue weighted by Crippen LogP contribution is 2.46. The summed E-state index contributed by atoms with van der Waals surface area (Å²) in [5.74, 6) is -2.49. The van der Waals surface area contributed by atoms with E-state index in [-0.39, 0.29) is 51.1 Å². The number of hydrogen-bond acceptors (Lipinski definition) is 11. The van der Waals surface area contributed by atoms with Gasteiger partial charge in [0.05, 0.1) is 30.5 Å². The highest BCUT2D eigenvalue weighted by atomic mass is 16.7. The summed E-state index contributed by atoms with van der Waals surface area (Å²) in [5, 5.41) is 33.1. The monoisotopic (exact) mass is 576 g/mol. The molecule has 2 unspecified atom stereocenters. The van der Waals surface area contributed by atoms with Crippen molar-refractivity contribution in [3.63, 3.8) is 0 Å². The van der Waals surface area contributed by atoms with Crippen LogP contribution in [0.5, 0.6) is 0 Å². The Hall–Kier alpha value is -1.15. The fraction of sp³-hybridized carbons (Fsp3) is 0.897. The molecule has 0 amide bonds. The minimum absolute atomic E-state index is 0.0388. The number of ether oxygens (including phenoxy) is 7. The number of aliphatic hydroxyl groups is 3. The molecule has 0 spiro atoms. The maximum Gasteiger partial charge on any atom is 0.338 e. The first-order chi connectivity index (χ1) is 18.9. The second-order valence-electron chi connectivity index (χ2n) is 11.6. The van der Waals surface area contributed by atoms with Crippen molar-refractivity contribution in [2.75, 3.05) is 41.8 Å². The molecule has 2 saturated heterocycles. The largest absolute Gasteiger partial charge is 0.456 e. The van der Waals surface area contributed by atoms with Crippen molar-refractivity contribution in [1.82, 2.24) is 0 Å². The Balaban J connectivity index is 2.59. The smallest absolute Gasteiger partial charge is 0.338 e. The van der Waals surface area contributed by atoms with Gasteiger partial charge in [0.1, 0.15) is 12.9 Å². The Kier molecular flexibility index (Phi) is 13.9. The average Bonchev–Trinajstić information content (AvgIpc) is 2.93. The van der Waals surface area contributed by atoms with E-state index in [1.165, 1.54) is 21.3 Å². The molecule has 9 atom stereocenters. The molecule has 11 heteroatoms. The molecule has 0 aromatic rings. The van der Waals surface area contributed by atoms with Gasteiger partial charge in [0, 0.05) is 78.5 Å². The van der Waals surface area contributed by atoms with E-state index in [0.29, 0.717) is 12.8 Å². The van der Waals surface area contributed by atoms with Gasteiger partial charge in [-0.15, -0.1) is 0 Å². The van der Waals surface area contributed by atoms with Crippen LogP contribution in [0, 0.1) is 11.3 Å². The molecule has 2 aliphatic heterocycles. The lowest BCUT2D eigenvalue weighted by Gasteiger charge is -2.51. The summed E-state index contributed by atoms with van der Waals surface area (Å²) in [7, 11) is 6.03. The zero-order valence-corrected chi connectivity index (χ0v) is 25.5. The van der Waals surface area contributed by atoms with Gasteiger partial charge in [-0.25, -0.2) is 4.79 Å². The first-order valence-electron chi connectivity index (χ1n) is 14.2. The number of esters is 1. The van der Waals surface area contributed by atoms with Gasteiger partial charge in [-0.1, -0.05) is 26.8 Å². The summed E-state index contributed by atoms with van der Waals surface area (Å²) in [6.45, 7) is 7.13. The van der Waals surface area contributed by atoms with Crippen LogP contribution in [0.25, 0.3) is 0 Å². The number of aliphatic hydroxyl groups excluding tert-OH is 2. The summed E-state index contributed by atoms with van der Waals surface area (Å²) < 4.78 is 40.3. The van der Waals surface area contributed by atoms with Crippen molar-refractivity contribution >= 4 is 5.97 Å². The third-order valence-corrected chi connectivity index (χ3v) is 8.62. The van der Waals surface area contributed by atoms with Gasteiger partial charge in [-0.2, -0.15) is 0 Å². The Morgan fingerprint density at radius 2 is 1.75 bits per heavy atom. The summed E-state index contributed by atoms with van der Waals surface area (Å²) in [6.07, 6.45) is -1.36. The minimum Gasteiger partial charge on any atom is -0.456 e. The zero-order chi connectivity index (χ0) is 30.1. The van der Waals surface area contributed by atoms with Crippen molar-refractivity contribution in [3.8, 4) is 0 Å². The van der Waals surface area contributed by atoms with Crippen molar-refractivity contribution in [2.24, 2.45) is 11.3 Å². The van der Waals surface area contributed by atoms with E-state index in [2.05, 4.69) is 0 Å². The van der Waals surface area contributed by atoms with Gasteiger partial charge in [-0.3, -0.25) is 0 Å². The molecule has 234 valence electrons. The van der Waals surface area contributed by atoms with Crippen LogP contribution in [0.3, 0.4) is 0 Å². The van der Waals surface area contributed by atoms with E-state index < -0.39 is 53.8 Å². The first kappa shape index (κ1) is 35.0. The number of carbonyl (C=O) groups excluding carboxylic acids is 1. The Morgan fingerprint density at radius 3 is 2.30 bits per heavy atom. The molecule has 2 heterocycles. The van der Waals surface area contributed by atoms with Crippen LogP contribution in [0.15, 0.2) is 11.6 Å². The molecule has 0 aliphatic carbocycles. The van der Waals surface area contributed by atoms with Gasteiger partial charge >= 0.3 is 5.97 Å². The minimum atomic E-state index is -1.73. The average molecular weight is 577 g/mol. The van der Waals surface area contributed by atoms with E-state index in [0.717, 1.165) is 5.57 Å². The molecular weight excluding hydrogens is 524 g/mol. The molecular formula is C29H52O11. The highest BCUT2D eigenvalue weighted by Gasteiger charge is 2.55. The summed E-state index contributed by atoms with van der Waals surface area (Å²) in [5.41, 5.74) is -0.363. The lowest BCUT2D eigenvalue weighted by Crippen LogP contribution is -2.60. The number of methoxy groups -OCH3 is 4. The van der Waals surface area contributed by atoms with Crippen molar-refractivity contribution < 1.29 is 53.3 Å². The second kappa shape index (κ2) is 15.9. The van der Waals surface area contributed by atoms with Crippen LogP contribution < -0.4 is 0 Å². The molecule has 2 aliphatic rings. The summed E-state index contributed by atoms with van der Waals surface area (Å²) in [4.78, 5) is 13.7. The number of hydrogen-bond donors (Lipinski definition) is 3. The van der Waals surface area contributed by atoms with Crippen molar-refractivity contribution in [2.45, 2.75) is 115 Å². The predicted molar refractivity (Wildman–Crippen MR) is 146 cm³/mol. The van der Waals surface area contributed by atoms with E-state index in [1.807, 2.05) is 19.9 Å². The van der Waals surface area contributed by atoms with Gasteiger partial charge in [0.15, 0.2) is 11.9 Å². The zero-order valence-electron chi connectivity index (χ0n) is 25.5. The quantitative estimate of drug-likeness (QED) is 0.200. The molecule has 40 heavy (non-hydrogen) atoms. The van der Waals surface area contributed by atoms with E-state index in [1.54, 1.807) is 21.0 Å². The molecule has 2 bridgehead atoms. The van der Waals surface area contributed by atoms with Gasteiger partial charge < -0.3 is 48.5 Å². The molecule has 0 saturated carbocycles. The fourth-order valence-electron chi connectivity index (χ4n) is 5.51. The van der Waals surface area contributed by atoms with Gasteiger partial charge in [0.25, 0.3) is 0 Å². The first-order valence-corrected chi connectivity index (χ1v) is 14.2. The Bertz CT molecular complexity index is 799. The Labute approximate surface area is 239 Å². The Morgan fingerprint density at radius 1 is 1.07 bits per heavy atom. The van der Waals surface area contributed by atoms with E-state index in [9.17, 15) is 20.1 Å². The van der Waals surface area contributed by atoms with Crippen molar-refractivity contribution in [3.05, 3.63) is 11.6 Å². The van der Waals surface area contributed by atoms with Crippen LogP contribution in [-0.4, -0.2) is 112 Å². The van der Waals surface area contributed by atoms with Crippen LogP contribution in [0.4, 0.5) is 0 Å². The topological polar surface area (TPSA) is 142 Å². The number of cyclic esters (lactones) is 1. The lowest BCUT2D eigenvalue weighted by atomic mass is 9.71. The lowest BCUT2D eigenvalue weighted by molar-refractivity contribution is -0.340. The maximum atomic E-state index is 13.7. The molecule has 0 aromatic heterocycles. The van der Waals surface area contributed by atoms with Crippen LogP contribution in [0.1, 0.15) is 66.2 Å². The van der Waals surface area contributed by atoms with Crippen LogP contribution >= 0.6 is 0 Å². The molecule has 2 rings (SSSR count). The highest BCUT2D eigenvalue weighted by molar-refractivity contribution is 5.76. The van der Waals surface area contributed by atoms with Crippen molar-refractivity contribution in [1.29, 1.82) is 0 Å². The summed E-state index contributed by atoms with van der Waals surface area (Å²) in [6, 6.07) is 0. The number of rotatable bonds is 10. The predicted octanol–water partition coefficient (Wildman–Crippen LogP) is 2.34. The second-order valence-corrected chi connectivity index (χ2v) is 11.6. The SMILES string of the molecule is CC[C@@H](/C=C(\C)[C@@H]1C[C@@H](OC)CC(O)C(C)(C)C2(O)C[C@H](OC)C[C@H](C[C@@H](OC)[C@H](OCOC)C(=O)O1)O2)CO. The van der Waals surface area contributed by atoms with E-state index in [4.69, 9.17) is 33.2 Å². The third-order valence-electron chi connectivity index (χ3n) is 8.62. The third kappa shape index (κ3) is 8.68. The van der Waals surface area contributed by atoms with E-state index >= 15 is 0 Å². The molecule has 11 nitrogen and oxygen atoms in total. The van der Waals surface area contributed by atoms with Gasteiger partial charge in [-0.05, 0) is 18.9 Å². The van der Waals surface area contributed by atoms with Crippen LogP contribution in [0.2, 0.25) is 0 Å². The van der Waals surface area contributed by atoms with Crippen LogP contribution in [-0.2, 0) is 38.0 Å². The molecule has 0 aromatic carbocycles. The number of carbonyl (C=O) groups is 1. The number of fused-ring (bicyclic) bond motifs is 2. The molecule has 3 N–H and O–H groups in total. The normalized spacial score (nSPS) is 36.9. The standard InChI is InChI=1S/C29H52O11/c1-9-19(16-30)10-18(2)23-12-20(35-6)14-25(31)28(3,4)29(33)15-22(36-7)11-21(40-29)13-24(37-8)26(27(32)39-23)38-17-34-5/h10,19-26,30-31,33H,9,11-17H2,1-8H3/b18-10+/t19-,20+,21+,22+,23-,24+,25?,26-,29?/m0/s1.